The van der Waals surface area contributed by atoms with Crippen molar-refractivity contribution in [2.24, 2.45) is 5.92 Å². The third-order valence-corrected chi connectivity index (χ3v) is 4.98. The smallest absolute Gasteiger partial charge is 0.227 e. The summed E-state index contributed by atoms with van der Waals surface area (Å²) in [6.07, 6.45) is 5.70. The SMILES string of the molecule is O=C1CC(CCl)CN1c1ccccc1N1CCCCCC1. The van der Waals surface area contributed by atoms with E-state index in [0.29, 0.717) is 12.3 Å². The predicted octanol–water partition coefficient (Wildman–Crippen LogP) is 3.66. The van der Waals surface area contributed by atoms with Crippen LogP contribution in [0, 0.1) is 5.92 Å². The second-order valence-corrected chi connectivity index (χ2v) is 6.43. The van der Waals surface area contributed by atoms with Gasteiger partial charge in [-0.15, -0.1) is 11.6 Å². The molecule has 3 nitrogen and oxygen atoms in total. The van der Waals surface area contributed by atoms with E-state index >= 15 is 0 Å². The van der Waals surface area contributed by atoms with Gasteiger partial charge in [-0.2, -0.15) is 0 Å². The molecule has 0 aromatic heterocycles. The first-order valence-electron chi connectivity index (χ1n) is 8.00. The second kappa shape index (κ2) is 6.69. The Bertz CT molecular complexity index is 497. The highest BCUT2D eigenvalue weighted by Gasteiger charge is 2.31. The van der Waals surface area contributed by atoms with Crippen LogP contribution >= 0.6 is 11.6 Å². The van der Waals surface area contributed by atoms with Gasteiger partial charge in [0, 0.05) is 31.9 Å². The molecule has 2 aliphatic heterocycles. The molecule has 1 unspecified atom stereocenters. The van der Waals surface area contributed by atoms with E-state index in [1.165, 1.54) is 31.4 Å². The Labute approximate surface area is 131 Å². The zero-order chi connectivity index (χ0) is 14.7. The van der Waals surface area contributed by atoms with Crippen LogP contribution < -0.4 is 9.80 Å². The van der Waals surface area contributed by atoms with E-state index in [-0.39, 0.29) is 11.8 Å². The maximum Gasteiger partial charge on any atom is 0.227 e. The van der Waals surface area contributed by atoms with Crippen LogP contribution in [0.5, 0.6) is 0 Å². The van der Waals surface area contributed by atoms with Crippen LogP contribution in [-0.4, -0.2) is 31.4 Å². The topological polar surface area (TPSA) is 23.6 Å². The van der Waals surface area contributed by atoms with Crippen molar-refractivity contribution in [1.82, 2.24) is 0 Å². The van der Waals surface area contributed by atoms with Gasteiger partial charge in [0.25, 0.3) is 0 Å². The zero-order valence-corrected chi connectivity index (χ0v) is 13.2. The molecule has 0 spiro atoms. The number of amides is 1. The number of carbonyl (C=O) groups excluding carboxylic acids is 1. The van der Waals surface area contributed by atoms with Gasteiger partial charge in [-0.3, -0.25) is 4.79 Å². The molecule has 4 heteroatoms. The third-order valence-electron chi connectivity index (χ3n) is 4.54. The van der Waals surface area contributed by atoms with E-state index in [1.54, 1.807) is 0 Å². The van der Waals surface area contributed by atoms with Gasteiger partial charge in [0.05, 0.1) is 11.4 Å². The Morgan fingerprint density at radius 2 is 1.71 bits per heavy atom. The molecule has 0 aliphatic carbocycles. The molecular weight excluding hydrogens is 284 g/mol. The minimum atomic E-state index is 0.211. The fourth-order valence-corrected chi connectivity index (χ4v) is 3.60. The summed E-state index contributed by atoms with van der Waals surface area (Å²) in [4.78, 5) is 16.7. The summed E-state index contributed by atoms with van der Waals surface area (Å²) in [6, 6.07) is 8.33. The van der Waals surface area contributed by atoms with E-state index in [9.17, 15) is 4.79 Å². The molecule has 1 aromatic carbocycles. The van der Waals surface area contributed by atoms with E-state index < -0.39 is 0 Å². The van der Waals surface area contributed by atoms with Crippen molar-refractivity contribution < 1.29 is 4.79 Å². The van der Waals surface area contributed by atoms with Gasteiger partial charge in [-0.05, 0) is 30.9 Å². The average Bonchev–Trinajstić information content (AvgIpc) is 2.73. The lowest BCUT2D eigenvalue weighted by atomic mass is 10.1. The number of benzene rings is 1. The lowest BCUT2D eigenvalue weighted by molar-refractivity contribution is -0.117. The van der Waals surface area contributed by atoms with Gasteiger partial charge in [-0.25, -0.2) is 0 Å². The standard InChI is InChI=1S/C17H23ClN2O/c18-12-14-11-17(21)20(13-14)16-8-4-3-7-15(16)19-9-5-1-2-6-10-19/h3-4,7-8,14H,1-2,5-6,9-13H2. The minimum absolute atomic E-state index is 0.211. The summed E-state index contributed by atoms with van der Waals surface area (Å²) < 4.78 is 0. The predicted molar refractivity (Wildman–Crippen MR) is 88.3 cm³/mol. The molecule has 1 aromatic rings. The second-order valence-electron chi connectivity index (χ2n) is 6.12. The molecule has 0 radical (unpaired) electrons. The van der Waals surface area contributed by atoms with Gasteiger partial charge >= 0.3 is 0 Å². The molecule has 0 N–H and O–H groups in total. The van der Waals surface area contributed by atoms with Crippen molar-refractivity contribution in [3.63, 3.8) is 0 Å². The molecule has 2 heterocycles. The lowest BCUT2D eigenvalue weighted by Gasteiger charge is -2.29. The average molecular weight is 307 g/mol. The maximum absolute atomic E-state index is 12.3. The summed E-state index contributed by atoms with van der Waals surface area (Å²) >= 11 is 5.95. The van der Waals surface area contributed by atoms with E-state index in [0.717, 1.165) is 25.3 Å². The lowest BCUT2D eigenvalue weighted by Crippen LogP contribution is -2.30. The van der Waals surface area contributed by atoms with Gasteiger partial charge < -0.3 is 9.80 Å². The minimum Gasteiger partial charge on any atom is -0.370 e. The molecule has 114 valence electrons. The van der Waals surface area contributed by atoms with Crippen LogP contribution in [0.1, 0.15) is 32.1 Å². The summed E-state index contributed by atoms with van der Waals surface area (Å²) in [7, 11) is 0. The van der Waals surface area contributed by atoms with Crippen molar-refractivity contribution in [3.05, 3.63) is 24.3 Å². The van der Waals surface area contributed by atoms with Crippen LogP contribution in [0.2, 0.25) is 0 Å². The number of anilines is 2. The van der Waals surface area contributed by atoms with Crippen molar-refractivity contribution in [1.29, 1.82) is 0 Å². The van der Waals surface area contributed by atoms with Crippen molar-refractivity contribution in [2.45, 2.75) is 32.1 Å². The highest BCUT2D eigenvalue weighted by molar-refractivity contribution is 6.18. The van der Waals surface area contributed by atoms with Gasteiger partial charge in [0.2, 0.25) is 5.91 Å². The Balaban J connectivity index is 1.87. The Morgan fingerprint density at radius 1 is 1.05 bits per heavy atom. The summed E-state index contributed by atoms with van der Waals surface area (Å²) in [5, 5.41) is 0. The quantitative estimate of drug-likeness (QED) is 0.796. The Hall–Kier alpha value is -1.22. The highest BCUT2D eigenvalue weighted by atomic mass is 35.5. The van der Waals surface area contributed by atoms with Crippen molar-refractivity contribution in [3.8, 4) is 0 Å². The number of nitrogens with zero attached hydrogens (tertiary/aromatic N) is 2. The maximum atomic E-state index is 12.3. The first-order valence-corrected chi connectivity index (χ1v) is 8.53. The number of carbonyl (C=O) groups is 1. The molecule has 2 saturated heterocycles. The van der Waals surface area contributed by atoms with Crippen LogP contribution in [0.3, 0.4) is 0 Å². The summed E-state index contributed by atoms with van der Waals surface area (Å²) in [5.41, 5.74) is 2.28. The molecule has 1 atom stereocenters. The van der Waals surface area contributed by atoms with Crippen LogP contribution in [0.25, 0.3) is 0 Å². The molecule has 0 saturated carbocycles. The Kier molecular flexibility index (Phi) is 4.69. The number of hydrogen-bond donors (Lipinski definition) is 0. The number of alkyl halides is 1. The van der Waals surface area contributed by atoms with E-state index in [4.69, 9.17) is 11.6 Å². The number of hydrogen-bond acceptors (Lipinski definition) is 2. The third kappa shape index (κ3) is 3.18. The summed E-state index contributed by atoms with van der Waals surface area (Å²) in [5.74, 6) is 1.06. The van der Waals surface area contributed by atoms with Crippen LogP contribution in [-0.2, 0) is 4.79 Å². The van der Waals surface area contributed by atoms with E-state index in [2.05, 4.69) is 23.1 Å². The number of para-hydroxylation sites is 2. The molecular formula is C17H23ClN2O. The highest BCUT2D eigenvalue weighted by Crippen LogP contribution is 2.34. The number of rotatable bonds is 3. The zero-order valence-electron chi connectivity index (χ0n) is 12.4. The van der Waals surface area contributed by atoms with Crippen LogP contribution in [0.15, 0.2) is 24.3 Å². The molecule has 0 bridgehead atoms. The largest absolute Gasteiger partial charge is 0.370 e. The molecule has 2 fully saturated rings. The Morgan fingerprint density at radius 3 is 2.33 bits per heavy atom. The first kappa shape index (κ1) is 14.7. The first-order chi connectivity index (χ1) is 10.3. The number of halogens is 1. The van der Waals surface area contributed by atoms with Gasteiger partial charge in [-0.1, -0.05) is 25.0 Å². The normalized spacial score (nSPS) is 23.5. The molecule has 3 rings (SSSR count). The molecule has 1 amide bonds. The van der Waals surface area contributed by atoms with Gasteiger partial charge in [0.15, 0.2) is 0 Å². The van der Waals surface area contributed by atoms with Gasteiger partial charge in [0.1, 0.15) is 0 Å². The van der Waals surface area contributed by atoms with E-state index in [1.807, 2.05) is 11.0 Å². The fraction of sp³-hybridized carbons (Fsp3) is 0.588. The molecule has 2 aliphatic rings. The monoisotopic (exact) mass is 306 g/mol. The van der Waals surface area contributed by atoms with Crippen molar-refractivity contribution >= 4 is 28.9 Å². The van der Waals surface area contributed by atoms with Crippen LogP contribution in [0.4, 0.5) is 11.4 Å². The van der Waals surface area contributed by atoms with Crippen molar-refractivity contribution in [2.75, 3.05) is 35.3 Å². The molecule has 21 heavy (non-hydrogen) atoms. The summed E-state index contributed by atoms with van der Waals surface area (Å²) in [6.45, 7) is 2.95. The fourth-order valence-electron chi connectivity index (χ4n) is 3.39.